The Hall–Kier alpha value is -0.570. The summed E-state index contributed by atoms with van der Waals surface area (Å²) in [5, 5.41) is 0. The monoisotopic (exact) mass is 199 g/mol. The Morgan fingerprint density at radius 1 is 1.36 bits per heavy atom. The summed E-state index contributed by atoms with van der Waals surface area (Å²) >= 11 is 0. The van der Waals surface area contributed by atoms with Gasteiger partial charge < -0.3 is 4.74 Å². The molecule has 1 aliphatic heterocycles. The van der Waals surface area contributed by atoms with E-state index in [0.29, 0.717) is 5.92 Å². The molecule has 1 rings (SSSR count). The molecule has 14 heavy (non-hydrogen) atoms. The van der Waals surface area contributed by atoms with Gasteiger partial charge >= 0.3 is 5.97 Å². The third kappa shape index (κ3) is 2.98. The maximum atomic E-state index is 11.6. The SMILES string of the molecule is COC(=O)C(CC(C)C)N1CCCC1. The molecule has 1 fully saturated rings. The van der Waals surface area contributed by atoms with E-state index in [1.807, 2.05) is 0 Å². The van der Waals surface area contributed by atoms with Crippen LogP contribution in [-0.2, 0) is 9.53 Å². The van der Waals surface area contributed by atoms with Gasteiger partial charge in [-0.2, -0.15) is 0 Å². The molecule has 0 aromatic rings. The summed E-state index contributed by atoms with van der Waals surface area (Å²) < 4.78 is 4.85. The summed E-state index contributed by atoms with van der Waals surface area (Å²) in [5.74, 6) is 0.472. The number of hydrogen-bond donors (Lipinski definition) is 0. The van der Waals surface area contributed by atoms with Crippen LogP contribution in [0.3, 0.4) is 0 Å². The number of nitrogens with zero attached hydrogens (tertiary/aromatic N) is 1. The molecule has 0 radical (unpaired) electrons. The van der Waals surface area contributed by atoms with Crippen LogP contribution in [0, 0.1) is 5.92 Å². The molecule has 3 nitrogen and oxygen atoms in total. The minimum absolute atomic E-state index is 0.0116. The topological polar surface area (TPSA) is 29.5 Å². The largest absolute Gasteiger partial charge is 0.468 e. The van der Waals surface area contributed by atoms with Crippen molar-refractivity contribution >= 4 is 5.97 Å². The highest BCUT2D eigenvalue weighted by molar-refractivity contribution is 5.75. The summed E-state index contributed by atoms with van der Waals surface area (Å²) in [6.07, 6.45) is 3.34. The molecule has 3 heteroatoms. The highest BCUT2D eigenvalue weighted by atomic mass is 16.5. The summed E-state index contributed by atoms with van der Waals surface area (Å²) in [5.41, 5.74) is 0. The fourth-order valence-electron chi connectivity index (χ4n) is 2.03. The van der Waals surface area contributed by atoms with E-state index < -0.39 is 0 Å². The molecular formula is C11H21NO2. The molecule has 1 heterocycles. The van der Waals surface area contributed by atoms with Crippen LogP contribution in [0.4, 0.5) is 0 Å². The molecule has 1 unspecified atom stereocenters. The van der Waals surface area contributed by atoms with E-state index >= 15 is 0 Å². The van der Waals surface area contributed by atoms with Gasteiger partial charge in [0, 0.05) is 0 Å². The predicted octanol–water partition coefficient (Wildman–Crippen LogP) is 1.67. The van der Waals surface area contributed by atoms with Crippen molar-refractivity contribution in [3.63, 3.8) is 0 Å². The molecule has 0 N–H and O–H groups in total. The molecule has 82 valence electrons. The molecule has 0 amide bonds. The standard InChI is InChI=1S/C11H21NO2/c1-9(2)8-10(11(13)14-3)12-6-4-5-7-12/h9-10H,4-8H2,1-3H3. The minimum Gasteiger partial charge on any atom is -0.468 e. The van der Waals surface area contributed by atoms with E-state index in [9.17, 15) is 4.79 Å². The quantitative estimate of drug-likeness (QED) is 0.645. The lowest BCUT2D eigenvalue weighted by atomic mass is 10.0. The van der Waals surface area contributed by atoms with Gasteiger partial charge in [-0.25, -0.2) is 0 Å². The van der Waals surface area contributed by atoms with Gasteiger partial charge in [0.1, 0.15) is 6.04 Å². The molecule has 0 aliphatic carbocycles. The molecule has 0 aromatic heterocycles. The zero-order valence-electron chi connectivity index (χ0n) is 9.45. The number of methoxy groups -OCH3 is 1. The molecule has 0 spiro atoms. The van der Waals surface area contributed by atoms with E-state index in [1.54, 1.807) is 0 Å². The van der Waals surface area contributed by atoms with Crippen LogP contribution < -0.4 is 0 Å². The summed E-state index contributed by atoms with van der Waals surface area (Å²) in [6.45, 7) is 6.39. The van der Waals surface area contributed by atoms with Gasteiger partial charge in [0.15, 0.2) is 0 Å². The van der Waals surface area contributed by atoms with Crippen molar-refractivity contribution in [3.8, 4) is 0 Å². The fraction of sp³-hybridized carbons (Fsp3) is 0.909. The lowest BCUT2D eigenvalue weighted by Crippen LogP contribution is -2.40. The Labute approximate surface area is 86.4 Å². The second-order valence-electron chi connectivity index (χ2n) is 4.41. The Morgan fingerprint density at radius 2 is 1.93 bits per heavy atom. The van der Waals surface area contributed by atoms with Gasteiger partial charge in [-0.3, -0.25) is 9.69 Å². The average molecular weight is 199 g/mol. The summed E-state index contributed by atoms with van der Waals surface area (Å²) in [7, 11) is 1.48. The second kappa shape index (κ2) is 5.35. The normalized spacial score (nSPS) is 20.0. The van der Waals surface area contributed by atoms with Crippen LogP contribution in [0.15, 0.2) is 0 Å². The Morgan fingerprint density at radius 3 is 2.36 bits per heavy atom. The van der Waals surface area contributed by atoms with Gasteiger partial charge in [-0.1, -0.05) is 13.8 Å². The number of rotatable bonds is 4. The fourth-order valence-corrected chi connectivity index (χ4v) is 2.03. The number of hydrogen-bond acceptors (Lipinski definition) is 3. The first-order valence-corrected chi connectivity index (χ1v) is 5.47. The maximum Gasteiger partial charge on any atom is 0.323 e. The van der Waals surface area contributed by atoms with Crippen LogP contribution in [0.1, 0.15) is 33.1 Å². The highest BCUT2D eigenvalue weighted by Gasteiger charge is 2.29. The summed E-state index contributed by atoms with van der Waals surface area (Å²) in [4.78, 5) is 13.8. The van der Waals surface area contributed by atoms with Crippen LogP contribution in [0.25, 0.3) is 0 Å². The van der Waals surface area contributed by atoms with Crippen molar-refractivity contribution in [2.45, 2.75) is 39.2 Å². The van der Waals surface area contributed by atoms with Gasteiger partial charge in [0.05, 0.1) is 7.11 Å². The second-order valence-corrected chi connectivity index (χ2v) is 4.41. The van der Waals surface area contributed by atoms with Crippen LogP contribution >= 0.6 is 0 Å². The first-order chi connectivity index (χ1) is 6.65. The summed E-state index contributed by atoms with van der Waals surface area (Å²) in [6, 6.07) is -0.0116. The van der Waals surface area contributed by atoms with Crippen molar-refractivity contribution < 1.29 is 9.53 Å². The van der Waals surface area contributed by atoms with Gasteiger partial charge in [-0.05, 0) is 38.3 Å². The van der Waals surface area contributed by atoms with E-state index in [-0.39, 0.29) is 12.0 Å². The Bertz CT molecular complexity index is 186. The Balaban J connectivity index is 2.55. The molecule has 0 saturated carbocycles. The first kappa shape index (κ1) is 11.5. The van der Waals surface area contributed by atoms with Gasteiger partial charge in [0.2, 0.25) is 0 Å². The number of esters is 1. The molecule has 0 bridgehead atoms. The molecule has 1 aliphatic rings. The molecular weight excluding hydrogens is 178 g/mol. The zero-order valence-corrected chi connectivity index (χ0v) is 9.45. The van der Waals surface area contributed by atoms with Crippen molar-refractivity contribution in [1.29, 1.82) is 0 Å². The van der Waals surface area contributed by atoms with Gasteiger partial charge in [-0.15, -0.1) is 0 Å². The Kier molecular flexibility index (Phi) is 4.39. The van der Waals surface area contributed by atoms with Crippen molar-refractivity contribution in [2.24, 2.45) is 5.92 Å². The third-order valence-electron chi connectivity index (χ3n) is 2.75. The number of ether oxygens (including phenoxy) is 1. The maximum absolute atomic E-state index is 11.6. The lowest BCUT2D eigenvalue weighted by Gasteiger charge is -2.26. The zero-order chi connectivity index (χ0) is 10.6. The first-order valence-electron chi connectivity index (χ1n) is 5.47. The van der Waals surface area contributed by atoms with Crippen LogP contribution in [-0.4, -0.2) is 37.1 Å². The van der Waals surface area contributed by atoms with Crippen LogP contribution in [0.5, 0.6) is 0 Å². The van der Waals surface area contributed by atoms with Crippen LogP contribution in [0.2, 0.25) is 0 Å². The van der Waals surface area contributed by atoms with Gasteiger partial charge in [0.25, 0.3) is 0 Å². The average Bonchev–Trinajstić information content (AvgIpc) is 2.65. The highest BCUT2D eigenvalue weighted by Crippen LogP contribution is 2.18. The predicted molar refractivity (Wildman–Crippen MR) is 56.1 cm³/mol. The van der Waals surface area contributed by atoms with E-state index in [0.717, 1.165) is 19.5 Å². The number of likely N-dealkylation sites (tertiary alicyclic amines) is 1. The van der Waals surface area contributed by atoms with E-state index in [4.69, 9.17) is 4.74 Å². The van der Waals surface area contributed by atoms with Crippen molar-refractivity contribution in [2.75, 3.05) is 20.2 Å². The van der Waals surface area contributed by atoms with Crippen molar-refractivity contribution in [3.05, 3.63) is 0 Å². The minimum atomic E-state index is -0.0689. The number of carbonyl (C=O) groups excluding carboxylic acids is 1. The smallest absolute Gasteiger partial charge is 0.323 e. The third-order valence-corrected chi connectivity index (χ3v) is 2.75. The van der Waals surface area contributed by atoms with E-state index in [2.05, 4.69) is 18.7 Å². The molecule has 1 atom stereocenters. The lowest BCUT2D eigenvalue weighted by molar-refractivity contribution is -0.147. The number of carbonyl (C=O) groups is 1. The van der Waals surface area contributed by atoms with Crippen molar-refractivity contribution in [1.82, 2.24) is 4.90 Å². The van der Waals surface area contributed by atoms with E-state index in [1.165, 1.54) is 20.0 Å². The molecule has 0 aromatic carbocycles. The molecule has 1 saturated heterocycles.